The van der Waals surface area contributed by atoms with Crippen LogP contribution in [0, 0.1) is 0 Å². The summed E-state index contributed by atoms with van der Waals surface area (Å²) in [6, 6.07) is 9.49. The lowest BCUT2D eigenvalue weighted by atomic mass is 10.1. The molecule has 2 rings (SSSR count). The summed E-state index contributed by atoms with van der Waals surface area (Å²) in [6.07, 6.45) is 2.41. The summed E-state index contributed by atoms with van der Waals surface area (Å²) < 4.78 is 0. The smallest absolute Gasteiger partial charge is 0.0149 e. The maximum Gasteiger partial charge on any atom is 0.0149 e. The second kappa shape index (κ2) is 6.18. The molecule has 0 atom stereocenters. The molecule has 0 radical (unpaired) electrons. The van der Waals surface area contributed by atoms with Crippen LogP contribution in [-0.2, 0) is 12.8 Å². The van der Waals surface area contributed by atoms with E-state index >= 15 is 0 Å². The van der Waals surface area contributed by atoms with Crippen molar-refractivity contribution in [2.24, 2.45) is 0 Å². The minimum absolute atomic E-state index is 0.656. The first kappa shape index (κ1) is 12.6. The number of nitrogens with zero attached hydrogens (tertiary/aromatic N) is 1. The van der Waals surface area contributed by atoms with Gasteiger partial charge >= 0.3 is 0 Å². The predicted molar refractivity (Wildman–Crippen MR) is 73.4 cm³/mol. The first-order valence-corrected chi connectivity index (χ1v) is 6.86. The van der Waals surface area contributed by atoms with Crippen LogP contribution in [0.3, 0.4) is 0 Å². The molecule has 2 nitrogen and oxygen atoms in total. The van der Waals surface area contributed by atoms with E-state index in [1.807, 2.05) is 0 Å². The Morgan fingerprint density at radius 2 is 1.71 bits per heavy atom. The zero-order chi connectivity index (χ0) is 12.1. The maximum absolute atomic E-state index is 3.69. The molecule has 0 amide bonds. The van der Waals surface area contributed by atoms with Crippen molar-refractivity contribution >= 4 is 0 Å². The van der Waals surface area contributed by atoms with Crippen molar-refractivity contribution in [3.63, 3.8) is 0 Å². The first-order valence-electron chi connectivity index (χ1n) is 6.86. The van der Waals surface area contributed by atoms with Crippen molar-refractivity contribution in [2.45, 2.75) is 32.7 Å². The molecule has 0 saturated heterocycles. The van der Waals surface area contributed by atoms with Crippen LogP contribution in [0.4, 0.5) is 0 Å². The summed E-state index contributed by atoms with van der Waals surface area (Å²) >= 11 is 0. The van der Waals surface area contributed by atoms with Gasteiger partial charge in [-0.25, -0.2) is 0 Å². The van der Waals surface area contributed by atoms with Crippen LogP contribution in [-0.4, -0.2) is 37.1 Å². The van der Waals surface area contributed by atoms with Crippen molar-refractivity contribution in [1.82, 2.24) is 10.2 Å². The third kappa shape index (κ3) is 3.30. The van der Waals surface area contributed by atoms with Gasteiger partial charge in [-0.05, 0) is 37.1 Å². The molecule has 0 bridgehead atoms. The van der Waals surface area contributed by atoms with E-state index in [-0.39, 0.29) is 0 Å². The van der Waals surface area contributed by atoms with Crippen LogP contribution in [0.25, 0.3) is 0 Å². The van der Waals surface area contributed by atoms with Crippen LogP contribution in [0.5, 0.6) is 0 Å². The molecule has 94 valence electrons. The SMILES string of the molecule is CCN(CC)CCNC1Cc2ccccc2C1. The molecule has 1 aromatic rings. The molecule has 0 fully saturated rings. The summed E-state index contributed by atoms with van der Waals surface area (Å²) in [5.74, 6) is 0. The Bertz CT molecular complexity index is 320. The Hall–Kier alpha value is -0.860. The van der Waals surface area contributed by atoms with Gasteiger partial charge in [-0.2, -0.15) is 0 Å². The number of nitrogens with one attached hydrogen (secondary N) is 1. The second-order valence-corrected chi connectivity index (χ2v) is 4.85. The van der Waals surface area contributed by atoms with Gasteiger partial charge in [-0.1, -0.05) is 38.1 Å². The molecule has 0 unspecified atom stereocenters. The van der Waals surface area contributed by atoms with Gasteiger partial charge in [0.05, 0.1) is 0 Å². The monoisotopic (exact) mass is 232 g/mol. The van der Waals surface area contributed by atoms with Gasteiger partial charge in [0.1, 0.15) is 0 Å². The Labute approximate surface area is 105 Å². The normalized spacial score (nSPS) is 15.5. The molecule has 0 spiro atoms. The molecule has 0 heterocycles. The molecule has 1 aliphatic carbocycles. The lowest BCUT2D eigenvalue weighted by Gasteiger charge is -2.20. The van der Waals surface area contributed by atoms with E-state index in [1.54, 1.807) is 0 Å². The summed E-state index contributed by atoms with van der Waals surface area (Å²) in [5.41, 5.74) is 3.07. The van der Waals surface area contributed by atoms with Gasteiger partial charge in [-0.3, -0.25) is 0 Å². The summed E-state index contributed by atoms with van der Waals surface area (Å²) in [4.78, 5) is 2.47. The van der Waals surface area contributed by atoms with E-state index < -0.39 is 0 Å². The fourth-order valence-electron chi connectivity index (χ4n) is 2.67. The zero-order valence-corrected chi connectivity index (χ0v) is 11.1. The van der Waals surface area contributed by atoms with Gasteiger partial charge in [0, 0.05) is 19.1 Å². The molecule has 0 saturated carbocycles. The highest BCUT2D eigenvalue weighted by molar-refractivity contribution is 5.33. The highest BCUT2D eigenvalue weighted by Gasteiger charge is 2.19. The Morgan fingerprint density at radius 1 is 1.12 bits per heavy atom. The topological polar surface area (TPSA) is 15.3 Å². The number of hydrogen-bond donors (Lipinski definition) is 1. The minimum Gasteiger partial charge on any atom is -0.312 e. The minimum atomic E-state index is 0.656. The molecule has 17 heavy (non-hydrogen) atoms. The third-order valence-corrected chi connectivity index (χ3v) is 3.81. The summed E-state index contributed by atoms with van der Waals surface area (Å²) in [5, 5.41) is 3.69. The quantitative estimate of drug-likeness (QED) is 0.808. The van der Waals surface area contributed by atoms with Crippen LogP contribution < -0.4 is 5.32 Å². The van der Waals surface area contributed by atoms with Crippen LogP contribution in [0.1, 0.15) is 25.0 Å². The van der Waals surface area contributed by atoms with Gasteiger partial charge in [0.2, 0.25) is 0 Å². The number of rotatable bonds is 6. The molecule has 1 aliphatic rings. The second-order valence-electron chi connectivity index (χ2n) is 4.85. The number of likely N-dealkylation sites (N-methyl/N-ethyl adjacent to an activating group) is 1. The van der Waals surface area contributed by atoms with Crippen molar-refractivity contribution in [3.05, 3.63) is 35.4 Å². The van der Waals surface area contributed by atoms with Crippen LogP contribution in [0.15, 0.2) is 24.3 Å². The molecule has 0 aromatic heterocycles. The van der Waals surface area contributed by atoms with Crippen LogP contribution in [0.2, 0.25) is 0 Å². The van der Waals surface area contributed by atoms with Crippen molar-refractivity contribution in [2.75, 3.05) is 26.2 Å². The van der Waals surface area contributed by atoms with Crippen LogP contribution >= 0.6 is 0 Å². The van der Waals surface area contributed by atoms with E-state index in [9.17, 15) is 0 Å². The Kier molecular flexibility index (Phi) is 4.57. The van der Waals surface area contributed by atoms with E-state index in [0.717, 1.165) is 19.6 Å². The highest BCUT2D eigenvalue weighted by atomic mass is 15.1. The van der Waals surface area contributed by atoms with Gasteiger partial charge in [-0.15, -0.1) is 0 Å². The van der Waals surface area contributed by atoms with Crippen molar-refractivity contribution < 1.29 is 0 Å². The van der Waals surface area contributed by atoms with Crippen molar-refractivity contribution in [3.8, 4) is 0 Å². The van der Waals surface area contributed by atoms with E-state index in [2.05, 4.69) is 48.3 Å². The number of fused-ring (bicyclic) bond motifs is 1. The molecular formula is C15H24N2. The number of benzene rings is 1. The van der Waals surface area contributed by atoms with E-state index in [1.165, 1.54) is 30.5 Å². The molecule has 2 heteroatoms. The highest BCUT2D eigenvalue weighted by Crippen LogP contribution is 2.21. The molecular weight excluding hydrogens is 208 g/mol. The lowest BCUT2D eigenvalue weighted by molar-refractivity contribution is 0.296. The Morgan fingerprint density at radius 3 is 2.24 bits per heavy atom. The maximum atomic E-state index is 3.69. The average molecular weight is 232 g/mol. The fraction of sp³-hybridized carbons (Fsp3) is 0.600. The number of hydrogen-bond acceptors (Lipinski definition) is 2. The largest absolute Gasteiger partial charge is 0.312 e. The standard InChI is InChI=1S/C15H24N2/c1-3-17(4-2)10-9-16-15-11-13-7-5-6-8-14(13)12-15/h5-8,15-16H,3-4,9-12H2,1-2H3. The fourth-order valence-corrected chi connectivity index (χ4v) is 2.67. The first-order chi connectivity index (χ1) is 8.33. The van der Waals surface area contributed by atoms with Gasteiger partial charge in [0.25, 0.3) is 0 Å². The Balaban J connectivity index is 1.73. The molecule has 1 N–H and O–H groups in total. The van der Waals surface area contributed by atoms with E-state index in [0.29, 0.717) is 6.04 Å². The van der Waals surface area contributed by atoms with Crippen molar-refractivity contribution in [1.29, 1.82) is 0 Å². The summed E-state index contributed by atoms with van der Waals surface area (Å²) in [6.45, 7) is 9.05. The average Bonchev–Trinajstić information content (AvgIpc) is 2.77. The predicted octanol–water partition coefficient (Wildman–Crippen LogP) is 2.09. The molecule has 1 aromatic carbocycles. The van der Waals surface area contributed by atoms with Gasteiger partial charge in [0.15, 0.2) is 0 Å². The zero-order valence-electron chi connectivity index (χ0n) is 11.1. The van der Waals surface area contributed by atoms with E-state index in [4.69, 9.17) is 0 Å². The molecule has 0 aliphatic heterocycles. The van der Waals surface area contributed by atoms with Gasteiger partial charge < -0.3 is 10.2 Å². The lowest BCUT2D eigenvalue weighted by Crippen LogP contribution is -2.37. The third-order valence-electron chi connectivity index (χ3n) is 3.81. The summed E-state index contributed by atoms with van der Waals surface area (Å²) in [7, 11) is 0.